The highest BCUT2D eigenvalue weighted by Crippen LogP contribution is 2.21. The minimum absolute atomic E-state index is 0.0663. The third-order valence-corrected chi connectivity index (χ3v) is 3.97. The molecule has 7 heteroatoms. The zero-order valence-electron chi connectivity index (χ0n) is 13.4. The number of fused-ring (bicyclic) bond motifs is 1. The summed E-state index contributed by atoms with van der Waals surface area (Å²) in [7, 11) is 1.37. The second kappa shape index (κ2) is 6.85. The highest BCUT2D eigenvalue weighted by Gasteiger charge is 2.15. The Bertz CT molecular complexity index is 707. The molecule has 122 valence electrons. The van der Waals surface area contributed by atoms with Crippen molar-refractivity contribution in [2.45, 2.75) is 39.0 Å². The van der Waals surface area contributed by atoms with Gasteiger partial charge in [0, 0.05) is 24.4 Å². The fourth-order valence-corrected chi connectivity index (χ4v) is 2.82. The highest BCUT2D eigenvalue weighted by atomic mass is 19.1. The fraction of sp³-hybridized carbons (Fsp3) is 0.500. The van der Waals surface area contributed by atoms with Crippen LogP contribution in [0, 0.1) is 12.7 Å². The molecule has 0 bridgehead atoms. The topological polar surface area (TPSA) is 72.8 Å². The van der Waals surface area contributed by atoms with Gasteiger partial charge in [0.15, 0.2) is 0 Å². The smallest absolute Gasteiger partial charge is 0.255 e. The number of methoxy groups -OCH3 is 1. The molecular formula is C16H20FN5O. The molecule has 0 spiro atoms. The first-order valence-electron chi connectivity index (χ1n) is 7.83. The summed E-state index contributed by atoms with van der Waals surface area (Å²) >= 11 is 0. The van der Waals surface area contributed by atoms with Crippen LogP contribution in [0.2, 0.25) is 0 Å². The van der Waals surface area contributed by atoms with E-state index in [1.165, 1.54) is 31.2 Å². The molecule has 1 N–H and O–H groups in total. The molecule has 1 aliphatic carbocycles. The van der Waals surface area contributed by atoms with Crippen LogP contribution in [0.3, 0.4) is 0 Å². The van der Waals surface area contributed by atoms with Crippen LogP contribution in [-0.4, -0.2) is 33.6 Å². The lowest BCUT2D eigenvalue weighted by molar-refractivity contribution is 0.368. The third kappa shape index (κ3) is 3.55. The molecule has 6 nitrogen and oxygen atoms in total. The Morgan fingerprint density at radius 1 is 1.22 bits per heavy atom. The molecule has 2 heterocycles. The molecule has 0 amide bonds. The number of aromatic nitrogens is 4. The van der Waals surface area contributed by atoms with Crippen LogP contribution in [0.4, 0.5) is 10.3 Å². The van der Waals surface area contributed by atoms with Crippen LogP contribution in [0.25, 0.3) is 0 Å². The lowest BCUT2D eigenvalue weighted by Gasteiger charge is -2.17. The van der Waals surface area contributed by atoms with Crippen molar-refractivity contribution in [2.75, 3.05) is 19.0 Å². The Labute approximate surface area is 134 Å². The van der Waals surface area contributed by atoms with Gasteiger partial charge in [-0.15, -0.1) is 0 Å². The van der Waals surface area contributed by atoms with Crippen LogP contribution in [0.15, 0.2) is 6.20 Å². The van der Waals surface area contributed by atoms with Crippen molar-refractivity contribution in [3.8, 4) is 5.88 Å². The number of nitrogens with zero attached hydrogens (tertiary/aromatic N) is 4. The lowest BCUT2D eigenvalue weighted by atomic mass is 9.95. The zero-order chi connectivity index (χ0) is 16.2. The largest absolute Gasteiger partial charge is 0.479 e. The standard InChI is InChI=1S/C16H20FN5O/c1-10-11-5-3-4-6-13(11)21-14(20-10)7-8-18-16-19-9-12(17)15(22-16)23-2/h9H,3-8H2,1-2H3,(H,18,19,22). The van der Waals surface area contributed by atoms with E-state index < -0.39 is 5.82 Å². The molecule has 23 heavy (non-hydrogen) atoms. The number of hydrogen-bond acceptors (Lipinski definition) is 6. The second-order valence-corrected chi connectivity index (χ2v) is 5.59. The molecule has 0 unspecified atom stereocenters. The van der Waals surface area contributed by atoms with Gasteiger partial charge in [-0.1, -0.05) is 0 Å². The van der Waals surface area contributed by atoms with Crippen molar-refractivity contribution < 1.29 is 9.13 Å². The van der Waals surface area contributed by atoms with Gasteiger partial charge in [0.05, 0.1) is 13.3 Å². The molecule has 2 aromatic rings. The Kier molecular flexibility index (Phi) is 4.64. The number of anilines is 1. The summed E-state index contributed by atoms with van der Waals surface area (Å²) in [6.45, 7) is 2.63. The summed E-state index contributed by atoms with van der Waals surface area (Å²) in [5, 5.41) is 3.05. The minimum atomic E-state index is -0.577. The predicted octanol–water partition coefficient (Wildman–Crippen LogP) is 2.26. The summed E-state index contributed by atoms with van der Waals surface area (Å²) in [6, 6.07) is 0. The maximum atomic E-state index is 13.3. The van der Waals surface area contributed by atoms with Crippen molar-refractivity contribution in [3.63, 3.8) is 0 Å². The average molecular weight is 317 g/mol. The highest BCUT2D eigenvalue weighted by molar-refractivity contribution is 5.29. The van der Waals surface area contributed by atoms with Crippen molar-refractivity contribution in [1.82, 2.24) is 19.9 Å². The number of hydrogen-bond donors (Lipinski definition) is 1. The summed E-state index contributed by atoms with van der Waals surface area (Å²) < 4.78 is 18.1. The minimum Gasteiger partial charge on any atom is -0.479 e. The van der Waals surface area contributed by atoms with E-state index in [0.29, 0.717) is 18.9 Å². The molecule has 3 rings (SSSR count). The van der Waals surface area contributed by atoms with Gasteiger partial charge in [-0.05, 0) is 38.2 Å². The number of ether oxygens (including phenoxy) is 1. The van der Waals surface area contributed by atoms with E-state index in [4.69, 9.17) is 4.74 Å². The lowest BCUT2D eigenvalue weighted by Crippen LogP contribution is -2.15. The fourth-order valence-electron chi connectivity index (χ4n) is 2.82. The Balaban J connectivity index is 1.64. The van der Waals surface area contributed by atoms with E-state index >= 15 is 0 Å². The monoisotopic (exact) mass is 317 g/mol. The van der Waals surface area contributed by atoms with Crippen LogP contribution in [-0.2, 0) is 19.3 Å². The van der Waals surface area contributed by atoms with Crippen LogP contribution in [0.5, 0.6) is 5.88 Å². The number of halogens is 1. The first-order valence-corrected chi connectivity index (χ1v) is 7.83. The van der Waals surface area contributed by atoms with Crippen LogP contribution < -0.4 is 10.1 Å². The van der Waals surface area contributed by atoms with E-state index in [2.05, 4.69) is 32.2 Å². The predicted molar refractivity (Wildman–Crippen MR) is 84.1 cm³/mol. The van der Waals surface area contributed by atoms with Crippen molar-refractivity contribution in [2.24, 2.45) is 0 Å². The molecule has 2 aromatic heterocycles. The number of nitrogens with one attached hydrogen (secondary N) is 1. The molecule has 0 atom stereocenters. The summed E-state index contributed by atoms with van der Waals surface area (Å²) in [4.78, 5) is 17.1. The first-order chi connectivity index (χ1) is 11.2. The molecule has 0 fully saturated rings. The third-order valence-electron chi connectivity index (χ3n) is 3.97. The van der Waals surface area contributed by atoms with Gasteiger partial charge in [-0.2, -0.15) is 9.37 Å². The Morgan fingerprint density at radius 3 is 2.87 bits per heavy atom. The van der Waals surface area contributed by atoms with E-state index in [9.17, 15) is 4.39 Å². The van der Waals surface area contributed by atoms with Gasteiger partial charge >= 0.3 is 0 Å². The molecule has 1 aliphatic rings. The SMILES string of the molecule is COc1nc(NCCc2nc(C)c3c(n2)CCCC3)ncc1F. The first kappa shape index (κ1) is 15.6. The van der Waals surface area contributed by atoms with Gasteiger partial charge in [-0.25, -0.2) is 15.0 Å². The zero-order valence-corrected chi connectivity index (χ0v) is 13.4. The number of aryl methyl sites for hydroxylation is 2. The van der Waals surface area contributed by atoms with Crippen molar-refractivity contribution in [3.05, 3.63) is 34.8 Å². The molecular weight excluding hydrogens is 297 g/mol. The molecule has 0 saturated carbocycles. The van der Waals surface area contributed by atoms with Crippen molar-refractivity contribution in [1.29, 1.82) is 0 Å². The second-order valence-electron chi connectivity index (χ2n) is 5.59. The van der Waals surface area contributed by atoms with Crippen molar-refractivity contribution >= 4 is 5.95 Å². The van der Waals surface area contributed by atoms with Gasteiger partial charge in [0.1, 0.15) is 5.82 Å². The molecule has 0 radical (unpaired) electrons. The maximum absolute atomic E-state index is 13.3. The summed E-state index contributed by atoms with van der Waals surface area (Å²) in [5.41, 5.74) is 3.60. The van der Waals surface area contributed by atoms with Gasteiger partial charge in [0.2, 0.25) is 11.8 Å². The van der Waals surface area contributed by atoms with E-state index in [1.807, 2.05) is 0 Å². The average Bonchev–Trinajstić information content (AvgIpc) is 2.56. The van der Waals surface area contributed by atoms with E-state index in [1.54, 1.807) is 0 Å². The Hall–Kier alpha value is -2.31. The molecule has 0 aliphatic heterocycles. The van der Waals surface area contributed by atoms with E-state index in [0.717, 1.165) is 30.6 Å². The van der Waals surface area contributed by atoms with Crippen LogP contribution in [0.1, 0.15) is 35.6 Å². The quantitative estimate of drug-likeness (QED) is 0.912. The molecule has 0 aromatic carbocycles. The summed E-state index contributed by atoms with van der Waals surface area (Å²) in [5.74, 6) is 0.512. The number of rotatable bonds is 5. The summed E-state index contributed by atoms with van der Waals surface area (Å²) in [6.07, 6.45) is 6.30. The Morgan fingerprint density at radius 2 is 2.04 bits per heavy atom. The van der Waals surface area contributed by atoms with E-state index in [-0.39, 0.29) is 5.88 Å². The maximum Gasteiger partial charge on any atom is 0.255 e. The van der Waals surface area contributed by atoms with Gasteiger partial charge in [-0.3, -0.25) is 0 Å². The van der Waals surface area contributed by atoms with Gasteiger partial charge in [0.25, 0.3) is 5.88 Å². The van der Waals surface area contributed by atoms with Crippen LogP contribution >= 0.6 is 0 Å². The van der Waals surface area contributed by atoms with Gasteiger partial charge < -0.3 is 10.1 Å². The molecule has 0 saturated heterocycles. The normalized spacial score (nSPS) is 13.5.